The standard InChI is InChI=1S/C13H24N4O/c1-5-6-11-12(17-14)15-8-16-13(11)18-10(4)7-9(2)3/h8-10H,5-7,14H2,1-4H3,(H,15,16,17). The Morgan fingerprint density at radius 1 is 1.33 bits per heavy atom. The summed E-state index contributed by atoms with van der Waals surface area (Å²) in [6, 6.07) is 0. The summed E-state index contributed by atoms with van der Waals surface area (Å²) in [5.74, 6) is 7.36. The van der Waals surface area contributed by atoms with Gasteiger partial charge in [-0.15, -0.1) is 0 Å². The number of hydrogen-bond donors (Lipinski definition) is 2. The van der Waals surface area contributed by atoms with Crippen LogP contribution in [0.25, 0.3) is 0 Å². The highest BCUT2D eigenvalue weighted by atomic mass is 16.5. The molecule has 1 aromatic heterocycles. The van der Waals surface area contributed by atoms with Crippen LogP contribution in [0.3, 0.4) is 0 Å². The van der Waals surface area contributed by atoms with Crippen molar-refractivity contribution in [3.05, 3.63) is 11.9 Å². The number of hydrazine groups is 1. The molecule has 0 aliphatic carbocycles. The fourth-order valence-corrected chi connectivity index (χ4v) is 2.00. The molecule has 0 fully saturated rings. The van der Waals surface area contributed by atoms with Crippen molar-refractivity contribution in [2.24, 2.45) is 11.8 Å². The van der Waals surface area contributed by atoms with E-state index < -0.39 is 0 Å². The summed E-state index contributed by atoms with van der Waals surface area (Å²) in [6.45, 7) is 8.53. The first-order chi connectivity index (χ1) is 8.58. The number of nitrogens with zero attached hydrogens (tertiary/aromatic N) is 2. The first-order valence-corrected chi connectivity index (χ1v) is 6.55. The topological polar surface area (TPSA) is 73.1 Å². The molecule has 102 valence electrons. The molecule has 0 saturated heterocycles. The fourth-order valence-electron chi connectivity index (χ4n) is 2.00. The fraction of sp³-hybridized carbons (Fsp3) is 0.692. The number of hydrogen-bond acceptors (Lipinski definition) is 5. The number of ether oxygens (including phenoxy) is 1. The second kappa shape index (κ2) is 7.16. The normalized spacial score (nSPS) is 12.6. The zero-order valence-electron chi connectivity index (χ0n) is 11.7. The zero-order valence-corrected chi connectivity index (χ0v) is 11.7. The molecule has 5 heteroatoms. The van der Waals surface area contributed by atoms with Crippen LogP contribution in [-0.4, -0.2) is 16.1 Å². The highest BCUT2D eigenvalue weighted by Crippen LogP contribution is 2.24. The molecule has 3 N–H and O–H groups in total. The molecule has 18 heavy (non-hydrogen) atoms. The van der Waals surface area contributed by atoms with E-state index in [1.54, 1.807) is 0 Å². The monoisotopic (exact) mass is 252 g/mol. The molecule has 0 bridgehead atoms. The third kappa shape index (κ3) is 4.14. The molecular weight excluding hydrogens is 228 g/mol. The van der Waals surface area contributed by atoms with Gasteiger partial charge in [-0.2, -0.15) is 0 Å². The van der Waals surface area contributed by atoms with Gasteiger partial charge < -0.3 is 10.2 Å². The van der Waals surface area contributed by atoms with Crippen molar-refractivity contribution in [2.75, 3.05) is 5.43 Å². The van der Waals surface area contributed by atoms with Crippen LogP contribution in [0.2, 0.25) is 0 Å². The summed E-state index contributed by atoms with van der Waals surface area (Å²) in [4.78, 5) is 8.34. The second-order valence-electron chi connectivity index (χ2n) is 4.96. The molecule has 0 spiro atoms. The van der Waals surface area contributed by atoms with E-state index in [2.05, 4.69) is 43.1 Å². The Bertz CT molecular complexity index is 368. The number of aromatic nitrogens is 2. The molecule has 1 atom stereocenters. The Kier molecular flexibility index (Phi) is 5.85. The van der Waals surface area contributed by atoms with Crippen LogP contribution in [0.5, 0.6) is 5.88 Å². The first-order valence-electron chi connectivity index (χ1n) is 6.55. The lowest BCUT2D eigenvalue weighted by Gasteiger charge is -2.18. The lowest BCUT2D eigenvalue weighted by Crippen LogP contribution is -2.18. The van der Waals surface area contributed by atoms with Gasteiger partial charge in [-0.1, -0.05) is 27.2 Å². The van der Waals surface area contributed by atoms with Crippen molar-refractivity contribution in [1.82, 2.24) is 9.97 Å². The second-order valence-corrected chi connectivity index (χ2v) is 4.96. The maximum absolute atomic E-state index is 5.90. The highest BCUT2D eigenvalue weighted by Gasteiger charge is 2.14. The minimum atomic E-state index is 0.140. The quantitative estimate of drug-likeness (QED) is 0.576. The average Bonchev–Trinajstić information content (AvgIpc) is 2.30. The van der Waals surface area contributed by atoms with Crippen LogP contribution in [0.15, 0.2) is 6.33 Å². The van der Waals surface area contributed by atoms with Crippen LogP contribution in [0, 0.1) is 5.92 Å². The summed E-state index contributed by atoms with van der Waals surface area (Å²) in [7, 11) is 0. The number of nitrogens with two attached hydrogens (primary N) is 1. The minimum absolute atomic E-state index is 0.140. The van der Waals surface area contributed by atoms with Gasteiger partial charge in [0, 0.05) is 0 Å². The molecule has 0 aromatic carbocycles. The van der Waals surface area contributed by atoms with Crippen LogP contribution in [0.4, 0.5) is 5.82 Å². The SMILES string of the molecule is CCCc1c(NN)ncnc1OC(C)CC(C)C. The van der Waals surface area contributed by atoms with Gasteiger partial charge in [-0.25, -0.2) is 15.8 Å². The van der Waals surface area contributed by atoms with E-state index >= 15 is 0 Å². The summed E-state index contributed by atoms with van der Waals surface area (Å²) >= 11 is 0. The van der Waals surface area contributed by atoms with E-state index in [0.29, 0.717) is 17.6 Å². The Morgan fingerprint density at radius 3 is 2.61 bits per heavy atom. The number of anilines is 1. The van der Waals surface area contributed by atoms with Crippen LogP contribution in [-0.2, 0) is 6.42 Å². The van der Waals surface area contributed by atoms with Crippen molar-refractivity contribution in [3.63, 3.8) is 0 Å². The van der Waals surface area contributed by atoms with Crippen molar-refractivity contribution in [3.8, 4) is 5.88 Å². The average molecular weight is 252 g/mol. The molecule has 0 aliphatic heterocycles. The Morgan fingerprint density at radius 2 is 2.06 bits per heavy atom. The molecule has 1 rings (SSSR count). The molecule has 5 nitrogen and oxygen atoms in total. The van der Waals surface area contributed by atoms with Gasteiger partial charge in [-0.05, 0) is 25.7 Å². The van der Waals surface area contributed by atoms with E-state index in [1.807, 2.05) is 0 Å². The van der Waals surface area contributed by atoms with Crippen molar-refractivity contribution >= 4 is 5.82 Å². The summed E-state index contributed by atoms with van der Waals surface area (Å²) in [5, 5.41) is 0. The molecular formula is C13H24N4O. The molecule has 1 aromatic rings. The number of nitrogens with one attached hydrogen (secondary N) is 1. The molecule has 0 radical (unpaired) electrons. The summed E-state index contributed by atoms with van der Waals surface area (Å²) < 4.78 is 5.90. The number of rotatable bonds is 7. The predicted molar refractivity (Wildman–Crippen MR) is 73.4 cm³/mol. The van der Waals surface area contributed by atoms with Crippen molar-refractivity contribution in [1.29, 1.82) is 0 Å². The smallest absolute Gasteiger partial charge is 0.222 e. The van der Waals surface area contributed by atoms with E-state index in [4.69, 9.17) is 10.6 Å². The van der Waals surface area contributed by atoms with Gasteiger partial charge in [0.05, 0.1) is 11.7 Å². The lowest BCUT2D eigenvalue weighted by molar-refractivity contribution is 0.183. The number of nitrogen functional groups attached to an aromatic ring is 1. The van der Waals surface area contributed by atoms with Crippen molar-refractivity contribution < 1.29 is 4.74 Å². The van der Waals surface area contributed by atoms with Gasteiger partial charge in [0.15, 0.2) is 0 Å². The summed E-state index contributed by atoms with van der Waals surface area (Å²) in [5.41, 5.74) is 3.56. The molecule has 0 aliphatic rings. The van der Waals surface area contributed by atoms with Crippen molar-refractivity contribution in [2.45, 2.75) is 53.1 Å². The van der Waals surface area contributed by atoms with E-state index in [-0.39, 0.29) is 6.10 Å². The van der Waals surface area contributed by atoms with Gasteiger partial charge in [0.25, 0.3) is 0 Å². The first kappa shape index (κ1) is 14.7. The Hall–Kier alpha value is -1.36. The van der Waals surface area contributed by atoms with Gasteiger partial charge in [0.2, 0.25) is 5.88 Å². The third-order valence-corrected chi connectivity index (χ3v) is 2.66. The van der Waals surface area contributed by atoms with Gasteiger partial charge in [0.1, 0.15) is 12.1 Å². The van der Waals surface area contributed by atoms with E-state index in [1.165, 1.54) is 6.33 Å². The molecule has 0 saturated carbocycles. The largest absolute Gasteiger partial charge is 0.474 e. The Balaban J connectivity index is 2.86. The molecule has 0 amide bonds. The van der Waals surface area contributed by atoms with Crippen LogP contribution >= 0.6 is 0 Å². The van der Waals surface area contributed by atoms with E-state index in [9.17, 15) is 0 Å². The summed E-state index contributed by atoms with van der Waals surface area (Å²) in [6.07, 6.45) is 4.47. The Labute approximate surface area is 109 Å². The lowest BCUT2D eigenvalue weighted by atomic mass is 10.1. The maximum atomic E-state index is 5.90. The molecule has 1 unspecified atom stereocenters. The maximum Gasteiger partial charge on any atom is 0.222 e. The minimum Gasteiger partial charge on any atom is -0.474 e. The van der Waals surface area contributed by atoms with Gasteiger partial charge >= 0.3 is 0 Å². The van der Waals surface area contributed by atoms with Gasteiger partial charge in [-0.3, -0.25) is 0 Å². The van der Waals surface area contributed by atoms with E-state index in [0.717, 1.165) is 24.8 Å². The van der Waals surface area contributed by atoms with Crippen LogP contribution < -0.4 is 16.0 Å². The zero-order chi connectivity index (χ0) is 13.5. The third-order valence-electron chi connectivity index (χ3n) is 2.66. The molecule has 1 heterocycles. The predicted octanol–water partition coefficient (Wildman–Crippen LogP) is 2.53. The highest BCUT2D eigenvalue weighted by molar-refractivity contribution is 5.47. The van der Waals surface area contributed by atoms with Crippen LogP contribution in [0.1, 0.15) is 46.1 Å².